The average Bonchev–Trinajstić information content (AvgIpc) is 2.80. The summed E-state index contributed by atoms with van der Waals surface area (Å²) in [4.78, 5) is 29.2. The Morgan fingerprint density at radius 2 is 1.42 bits per heavy atom. The van der Waals surface area contributed by atoms with E-state index in [1.54, 1.807) is 24.3 Å². The van der Waals surface area contributed by atoms with Gasteiger partial charge in [-0.3, -0.25) is 9.59 Å². The third-order valence-electron chi connectivity index (χ3n) is 5.55. The lowest BCUT2D eigenvalue weighted by Crippen LogP contribution is -2.48. The average molecular weight is 417 g/mol. The van der Waals surface area contributed by atoms with Crippen molar-refractivity contribution in [2.24, 2.45) is 0 Å². The molecule has 1 fully saturated rings. The van der Waals surface area contributed by atoms with Gasteiger partial charge in [-0.2, -0.15) is 0 Å². The maximum absolute atomic E-state index is 13.8. The van der Waals surface area contributed by atoms with Crippen LogP contribution in [0.3, 0.4) is 0 Å². The molecule has 1 N–H and O–H groups in total. The molecule has 1 aliphatic rings. The van der Waals surface area contributed by atoms with Gasteiger partial charge in [0.05, 0.1) is 5.56 Å². The van der Waals surface area contributed by atoms with E-state index < -0.39 is 11.7 Å². The number of halogens is 1. The lowest BCUT2D eigenvalue weighted by atomic mass is 10.1. The minimum Gasteiger partial charge on any atom is -0.368 e. The Morgan fingerprint density at radius 3 is 2.06 bits per heavy atom. The number of carbonyl (C=O) groups is 2. The van der Waals surface area contributed by atoms with Crippen LogP contribution < -0.4 is 10.2 Å². The monoisotopic (exact) mass is 417 g/mol. The molecule has 31 heavy (non-hydrogen) atoms. The molecule has 0 bridgehead atoms. The van der Waals surface area contributed by atoms with Gasteiger partial charge in [0.1, 0.15) is 5.82 Å². The quantitative estimate of drug-likeness (QED) is 0.687. The SMILES string of the molecule is Cc1ccccc1C(=O)N1CCN(c2ccc(NC(=O)c3ccccc3F)cc2)CC1. The first kappa shape index (κ1) is 20.6. The van der Waals surface area contributed by atoms with Gasteiger partial charge in [0.2, 0.25) is 0 Å². The summed E-state index contributed by atoms with van der Waals surface area (Å²) in [5.41, 5.74) is 3.38. The van der Waals surface area contributed by atoms with Crippen molar-refractivity contribution in [1.82, 2.24) is 4.90 Å². The third kappa shape index (κ3) is 4.58. The number of carbonyl (C=O) groups excluding carboxylic acids is 2. The summed E-state index contributed by atoms with van der Waals surface area (Å²) in [5.74, 6) is -0.951. The molecule has 4 rings (SSSR count). The van der Waals surface area contributed by atoms with Crippen molar-refractivity contribution >= 4 is 23.2 Å². The van der Waals surface area contributed by atoms with E-state index in [2.05, 4.69) is 10.2 Å². The van der Waals surface area contributed by atoms with Crippen molar-refractivity contribution in [3.05, 3.63) is 95.3 Å². The Labute approximate surface area is 181 Å². The van der Waals surface area contributed by atoms with Gasteiger partial charge in [0.15, 0.2) is 0 Å². The van der Waals surface area contributed by atoms with Crippen molar-refractivity contribution in [2.75, 3.05) is 36.4 Å². The molecule has 158 valence electrons. The zero-order valence-corrected chi connectivity index (χ0v) is 17.3. The Hall–Kier alpha value is -3.67. The van der Waals surface area contributed by atoms with Gasteiger partial charge in [-0.15, -0.1) is 0 Å². The summed E-state index contributed by atoms with van der Waals surface area (Å²) in [6.45, 7) is 4.73. The zero-order valence-electron chi connectivity index (χ0n) is 17.3. The van der Waals surface area contributed by atoms with Gasteiger partial charge >= 0.3 is 0 Å². The van der Waals surface area contributed by atoms with Crippen molar-refractivity contribution in [3.8, 4) is 0 Å². The predicted octanol–water partition coefficient (Wildman–Crippen LogP) is 4.35. The maximum atomic E-state index is 13.8. The summed E-state index contributed by atoms with van der Waals surface area (Å²) in [6.07, 6.45) is 0. The molecular weight excluding hydrogens is 393 g/mol. The molecule has 3 aromatic rings. The molecule has 5 nitrogen and oxygen atoms in total. The summed E-state index contributed by atoms with van der Waals surface area (Å²) in [6, 6.07) is 21.0. The van der Waals surface area contributed by atoms with E-state index in [1.165, 1.54) is 12.1 Å². The summed E-state index contributed by atoms with van der Waals surface area (Å²) >= 11 is 0. The lowest BCUT2D eigenvalue weighted by Gasteiger charge is -2.36. The van der Waals surface area contributed by atoms with Gasteiger partial charge < -0.3 is 15.1 Å². The fraction of sp³-hybridized carbons (Fsp3) is 0.200. The normalized spacial score (nSPS) is 13.7. The Balaban J connectivity index is 1.35. The van der Waals surface area contributed by atoms with E-state index in [4.69, 9.17) is 0 Å². The molecule has 2 amide bonds. The van der Waals surface area contributed by atoms with E-state index in [9.17, 15) is 14.0 Å². The molecule has 0 unspecified atom stereocenters. The molecule has 6 heteroatoms. The maximum Gasteiger partial charge on any atom is 0.258 e. The van der Waals surface area contributed by atoms with Crippen LogP contribution in [0.15, 0.2) is 72.8 Å². The highest BCUT2D eigenvalue weighted by Crippen LogP contribution is 2.21. The number of hydrogen-bond acceptors (Lipinski definition) is 3. The number of nitrogens with one attached hydrogen (secondary N) is 1. The van der Waals surface area contributed by atoms with Crippen LogP contribution in [-0.4, -0.2) is 42.9 Å². The molecule has 1 saturated heterocycles. The van der Waals surface area contributed by atoms with Crippen LogP contribution in [0.1, 0.15) is 26.3 Å². The van der Waals surface area contributed by atoms with Crippen LogP contribution in [0.5, 0.6) is 0 Å². The van der Waals surface area contributed by atoms with Gasteiger partial charge in [-0.05, 0) is 55.0 Å². The smallest absolute Gasteiger partial charge is 0.258 e. The first-order valence-corrected chi connectivity index (χ1v) is 10.3. The molecule has 3 aromatic carbocycles. The van der Waals surface area contributed by atoms with Crippen LogP contribution in [0.2, 0.25) is 0 Å². The second-order valence-electron chi connectivity index (χ2n) is 7.58. The van der Waals surface area contributed by atoms with E-state index >= 15 is 0 Å². The highest BCUT2D eigenvalue weighted by Gasteiger charge is 2.23. The number of benzene rings is 3. The van der Waals surface area contributed by atoms with E-state index in [0.717, 1.165) is 29.9 Å². The van der Waals surface area contributed by atoms with E-state index in [-0.39, 0.29) is 11.5 Å². The number of rotatable bonds is 4. The molecule has 1 aliphatic heterocycles. The van der Waals surface area contributed by atoms with Gasteiger partial charge in [-0.25, -0.2) is 4.39 Å². The van der Waals surface area contributed by atoms with Crippen LogP contribution in [-0.2, 0) is 0 Å². The van der Waals surface area contributed by atoms with Crippen molar-refractivity contribution in [1.29, 1.82) is 0 Å². The number of piperazine rings is 1. The lowest BCUT2D eigenvalue weighted by molar-refractivity contribution is 0.0746. The number of hydrogen-bond donors (Lipinski definition) is 1. The number of amides is 2. The largest absolute Gasteiger partial charge is 0.368 e. The van der Waals surface area contributed by atoms with Crippen molar-refractivity contribution in [3.63, 3.8) is 0 Å². The summed E-state index contributed by atoms with van der Waals surface area (Å²) in [7, 11) is 0. The third-order valence-corrected chi connectivity index (χ3v) is 5.55. The van der Waals surface area contributed by atoms with Gasteiger partial charge in [0.25, 0.3) is 11.8 Å². The summed E-state index contributed by atoms with van der Waals surface area (Å²) in [5, 5.41) is 2.72. The van der Waals surface area contributed by atoms with Gasteiger partial charge in [0, 0.05) is 43.1 Å². The van der Waals surface area contributed by atoms with Crippen LogP contribution >= 0.6 is 0 Å². The predicted molar refractivity (Wildman–Crippen MR) is 120 cm³/mol. The summed E-state index contributed by atoms with van der Waals surface area (Å²) < 4.78 is 13.8. The van der Waals surface area contributed by atoms with Crippen molar-refractivity contribution in [2.45, 2.75) is 6.92 Å². The molecule has 0 aromatic heterocycles. The van der Waals surface area contributed by atoms with Gasteiger partial charge in [-0.1, -0.05) is 30.3 Å². The minimum absolute atomic E-state index is 0.0148. The number of anilines is 2. The van der Waals surface area contributed by atoms with Crippen LogP contribution in [0.25, 0.3) is 0 Å². The number of nitrogens with zero attached hydrogens (tertiary/aromatic N) is 2. The van der Waals surface area contributed by atoms with Crippen LogP contribution in [0, 0.1) is 12.7 Å². The molecule has 0 saturated carbocycles. The first-order valence-electron chi connectivity index (χ1n) is 10.3. The second-order valence-corrected chi connectivity index (χ2v) is 7.58. The molecule has 0 spiro atoms. The Bertz CT molecular complexity index is 1090. The molecule has 1 heterocycles. The fourth-order valence-corrected chi connectivity index (χ4v) is 3.75. The number of aryl methyl sites for hydroxylation is 1. The fourth-order valence-electron chi connectivity index (χ4n) is 3.75. The molecular formula is C25H24FN3O2. The molecule has 0 radical (unpaired) electrons. The second kappa shape index (κ2) is 9.00. The van der Waals surface area contributed by atoms with E-state index in [1.807, 2.05) is 48.2 Å². The highest BCUT2D eigenvalue weighted by molar-refractivity contribution is 6.04. The topological polar surface area (TPSA) is 52.7 Å². The Kier molecular flexibility index (Phi) is 5.98. The highest BCUT2D eigenvalue weighted by atomic mass is 19.1. The standard InChI is InChI=1S/C25H24FN3O2/c1-18-6-2-3-7-21(18)25(31)29-16-14-28(15-17-29)20-12-10-19(11-13-20)27-24(30)22-8-4-5-9-23(22)26/h2-13H,14-17H2,1H3,(H,27,30). The first-order chi connectivity index (χ1) is 15.0. The molecule has 0 aliphatic carbocycles. The minimum atomic E-state index is -0.547. The Morgan fingerprint density at radius 1 is 0.806 bits per heavy atom. The van der Waals surface area contributed by atoms with Crippen LogP contribution in [0.4, 0.5) is 15.8 Å². The van der Waals surface area contributed by atoms with E-state index in [0.29, 0.717) is 18.8 Å². The van der Waals surface area contributed by atoms with Crippen molar-refractivity contribution < 1.29 is 14.0 Å². The zero-order chi connectivity index (χ0) is 21.8. The molecule has 0 atom stereocenters.